The highest BCUT2D eigenvalue weighted by atomic mass is 79.9. The van der Waals surface area contributed by atoms with Gasteiger partial charge >= 0.3 is 0 Å². The number of hydrogen-bond acceptors (Lipinski definition) is 6. The lowest BCUT2D eigenvalue weighted by molar-refractivity contribution is -0.140. The zero-order valence-electron chi connectivity index (χ0n) is 27.4. The number of rotatable bonds is 14. The summed E-state index contributed by atoms with van der Waals surface area (Å²) in [7, 11) is -1.48. The molecule has 258 valence electrons. The third kappa shape index (κ3) is 9.14. The Bertz CT molecular complexity index is 1840. The van der Waals surface area contributed by atoms with Crippen LogP contribution < -0.4 is 19.1 Å². The maximum Gasteiger partial charge on any atom is 0.264 e. The first-order valence-corrected chi connectivity index (χ1v) is 18.6. The third-order valence-corrected chi connectivity index (χ3v) is 11.1. The second-order valence-electron chi connectivity index (χ2n) is 11.8. The summed E-state index contributed by atoms with van der Waals surface area (Å²) in [6.45, 7) is -0.511. The van der Waals surface area contributed by atoms with E-state index in [4.69, 9.17) is 21.1 Å². The molecule has 0 spiro atoms. The molecule has 49 heavy (non-hydrogen) atoms. The van der Waals surface area contributed by atoms with Crippen LogP contribution >= 0.6 is 27.5 Å². The minimum atomic E-state index is -4.35. The first-order chi connectivity index (χ1) is 23.6. The number of methoxy groups -OCH3 is 2. The maximum atomic E-state index is 14.7. The van der Waals surface area contributed by atoms with Crippen molar-refractivity contribution in [3.63, 3.8) is 0 Å². The van der Waals surface area contributed by atoms with Crippen molar-refractivity contribution in [3.8, 4) is 11.5 Å². The Hall–Kier alpha value is -4.06. The van der Waals surface area contributed by atoms with Gasteiger partial charge in [-0.15, -0.1) is 0 Å². The van der Waals surface area contributed by atoms with Gasteiger partial charge in [-0.05, 0) is 72.5 Å². The van der Waals surface area contributed by atoms with Crippen LogP contribution in [0.3, 0.4) is 0 Å². The third-order valence-electron chi connectivity index (χ3n) is 8.58. The van der Waals surface area contributed by atoms with Crippen LogP contribution in [-0.2, 0) is 32.6 Å². The second-order valence-corrected chi connectivity index (χ2v) is 15.1. The summed E-state index contributed by atoms with van der Waals surface area (Å²) >= 11 is 9.65. The van der Waals surface area contributed by atoms with E-state index in [2.05, 4.69) is 21.2 Å². The van der Waals surface area contributed by atoms with Crippen LogP contribution in [0.1, 0.15) is 36.8 Å². The van der Waals surface area contributed by atoms with Crippen LogP contribution in [0.5, 0.6) is 11.5 Å². The number of nitrogens with zero attached hydrogens (tertiary/aromatic N) is 2. The molecule has 1 fully saturated rings. The van der Waals surface area contributed by atoms with Gasteiger partial charge in [0.05, 0.1) is 24.8 Å². The van der Waals surface area contributed by atoms with Crippen LogP contribution in [0.25, 0.3) is 0 Å². The number of anilines is 1. The molecule has 12 heteroatoms. The molecule has 1 aliphatic carbocycles. The molecule has 9 nitrogen and oxygen atoms in total. The van der Waals surface area contributed by atoms with Gasteiger partial charge in [-0.3, -0.25) is 13.9 Å². The lowest BCUT2D eigenvalue weighted by atomic mass is 10.0. The minimum Gasteiger partial charge on any atom is -0.493 e. The molecule has 0 aliphatic heterocycles. The average molecular weight is 769 g/mol. The number of hydrogen-bond donors (Lipinski definition) is 1. The molecule has 0 aromatic heterocycles. The molecular weight excluding hydrogens is 730 g/mol. The van der Waals surface area contributed by atoms with Crippen molar-refractivity contribution in [2.24, 2.45) is 0 Å². The van der Waals surface area contributed by atoms with Crippen LogP contribution in [0, 0.1) is 0 Å². The number of carbonyl (C=O) groups excluding carboxylic acids is 2. The molecule has 0 saturated heterocycles. The summed E-state index contributed by atoms with van der Waals surface area (Å²) in [5.41, 5.74) is 1.88. The fourth-order valence-corrected chi connectivity index (χ4v) is 7.77. The zero-order chi connectivity index (χ0) is 35.0. The van der Waals surface area contributed by atoms with Crippen LogP contribution in [0.2, 0.25) is 5.02 Å². The van der Waals surface area contributed by atoms with Gasteiger partial charge in [0.25, 0.3) is 10.0 Å². The number of benzene rings is 4. The topological polar surface area (TPSA) is 105 Å². The van der Waals surface area contributed by atoms with Crippen LogP contribution in [0.15, 0.2) is 106 Å². The monoisotopic (exact) mass is 767 g/mol. The number of nitrogens with one attached hydrogen (secondary N) is 1. The van der Waals surface area contributed by atoms with Gasteiger partial charge in [0.1, 0.15) is 12.6 Å². The highest BCUT2D eigenvalue weighted by molar-refractivity contribution is 9.10. The molecule has 1 aliphatic rings. The van der Waals surface area contributed by atoms with Crippen molar-refractivity contribution in [3.05, 3.63) is 118 Å². The smallest absolute Gasteiger partial charge is 0.264 e. The summed E-state index contributed by atoms with van der Waals surface area (Å²) in [5, 5.41) is 3.59. The van der Waals surface area contributed by atoms with Crippen LogP contribution in [0.4, 0.5) is 5.69 Å². The normalized spacial score (nSPS) is 13.8. The van der Waals surface area contributed by atoms with Crippen molar-refractivity contribution in [2.75, 3.05) is 25.1 Å². The zero-order valence-corrected chi connectivity index (χ0v) is 30.5. The molecule has 1 atom stereocenters. The van der Waals surface area contributed by atoms with Crippen molar-refractivity contribution < 1.29 is 27.5 Å². The summed E-state index contributed by atoms with van der Waals surface area (Å²) in [6, 6.07) is 26.5. The van der Waals surface area contributed by atoms with Gasteiger partial charge < -0.3 is 19.7 Å². The largest absolute Gasteiger partial charge is 0.493 e. The first kappa shape index (κ1) is 36.2. The molecule has 0 bridgehead atoms. The van der Waals surface area contributed by atoms with E-state index < -0.39 is 28.5 Å². The summed E-state index contributed by atoms with van der Waals surface area (Å²) in [6.07, 6.45) is 4.04. The van der Waals surface area contributed by atoms with E-state index in [1.165, 1.54) is 37.3 Å². The van der Waals surface area contributed by atoms with Gasteiger partial charge in [0, 0.05) is 34.6 Å². The number of halogens is 2. The quantitative estimate of drug-likeness (QED) is 0.148. The highest BCUT2D eigenvalue weighted by Gasteiger charge is 2.36. The molecule has 5 rings (SSSR count). The number of carbonyl (C=O) groups is 2. The van der Waals surface area contributed by atoms with Gasteiger partial charge in [0.15, 0.2) is 11.5 Å². The molecule has 4 aromatic carbocycles. The molecule has 0 heterocycles. The number of amides is 2. The molecule has 1 saturated carbocycles. The molecule has 4 aromatic rings. The maximum absolute atomic E-state index is 14.7. The Morgan fingerprint density at radius 3 is 2.16 bits per heavy atom. The lowest BCUT2D eigenvalue weighted by Gasteiger charge is -2.34. The van der Waals surface area contributed by atoms with E-state index >= 15 is 0 Å². The summed E-state index contributed by atoms with van der Waals surface area (Å²) in [5.74, 6) is -0.256. The van der Waals surface area contributed by atoms with Crippen LogP contribution in [-0.4, -0.2) is 58.0 Å². The van der Waals surface area contributed by atoms with Gasteiger partial charge in [-0.2, -0.15) is 0 Å². The Kier molecular flexibility index (Phi) is 12.2. The molecular formula is C37H39BrClN3O6S. The Labute approximate surface area is 301 Å². The van der Waals surface area contributed by atoms with Crippen molar-refractivity contribution in [1.82, 2.24) is 10.2 Å². The first-order valence-electron chi connectivity index (χ1n) is 16.0. The fraction of sp³-hybridized carbons (Fsp3) is 0.297. The highest BCUT2D eigenvalue weighted by Crippen LogP contribution is 2.33. The van der Waals surface area contributed by atoms with E-state index in [0.29, 0.717) is 10.8 Å². The fourth-order valence-electron chi connectivity index (χ4n) is 5.95. The Balaban J connectivity index is 1.57. The lowest BCUT2D eigenvalue weighted by Crippen LogP contribution is -2.54. The molecule has 1 unspecified atom stereocenters. The van der Waals surface area contributed by atoms with E-state index in [-0.39, 0.29) is 41.2 Å². The average Bonchev–Trinajstić information content (AvgIpc) is 3.63. The summed E-state index contributed by atoms with van der Waals surface area (Å²) < 4.78 is 41.4. The predicted octanol–water partition coefficient (Wildman–Crippen LogP) is 7.01. The predicted molar refractivity (Wildman–Crippen MR) is 195 cm³/mol. The van der Waals surface area contributed by atoms with E-state index in [0.717, 1.165) is 45.6 Å². The minimum absolute atomic E-state index is 0.0198. The van der Waals surface area contributed by atoms with Crippen molar-refractivity contribution >= 4 is 55.1 Å². The second kappa shape index (κ2) is 16.6. The number of ether oxygens (including phenoxy) is 2. The van der Waals surface area contributed by atoms with E-state index in [1.807, 2.05) is 54.6 Å². The Morgan fingerprint density at radius 1 is 0.878 bits per heavy atom. The van der Waals surface area contributed by atoms with Crippen molar-refractivity contribution in [2.45, 2.75) is 55.6 Å². The molecule has 0 radical (unpaired) electrons. The van der Waals surface area contributed by atoms with Gasteiger partial charge in [-0.1, -0.05) is 82.8 Å². The SMILES string of the molecule is COc1ccc(S(=O)(=O)N(CC(=O)N(Cc2ccc(Br)cc2)C(Cc2ccccc2)C(=O)NC2CCCC2)c2ccc(Cl)cc2)cc1OC. The molecule has 2 amide bonds. The van der Waals surface area contributed by atoms with Gasteiger partial charge in [-0.25, -0.2) is 8.42 Å². The van der Waals surface area contributed by atoms with E-state index in [9.17, 15) is 18.0 Å². The van der Waals surface area contributed by atoms with Gasteiger partial charge in [0.2, 0.25) is 11.8 Å². The number of sulfonamides is 1. The molecule has 1 N–H and O–H groups in total. The van der Waals surface area contributed by atoms with Crippen molar-refractivity contribution in [1.29, 1.82) is 0 Å². The summed E-state index contributed by atoms with van der Waals surface area (Å²) in [4.78, 5) is 30.2. The standard InChI is InChI=1S/C37H39BrClN3O6S/c1-47-34-21-20-32(23-35(34)48-2)49(45,46)42(31-18-16-29(39)17-19-31)25-36(43)41(24-27-12-14-28(38)15-13-27)33(22-26-8-4-3-5-9-26)37(44)40-30-10-6-7-11-30/h3-5,8-9,12-21,23,30,33H,6-7,10-11,22,24-25H2,1-2H3,(H,40,44). The Morgan fingerprint density at radius 2 is 1.53 bits per heavy atom. The van der Waals surface area contributed by atoms with E-state index in [1.54, 1.807) is 24.3 Å².